The minimum absolute atomic E-state index is 0.101. The molecule has 0 aliphatic carbocycles. The molecule has 0 aromatic carbocycles. The zero-order chi connectivity index (χ0) is 10.4. The fraction of sp³-hybridized carbons (Fsp3) is 0.333. The third-order valence-electron chi connectivity index (χ3n) is 1.57. The van der Waals surface area contributed by atoms with Gasteiger partial charge in [-0.25, -0.2) is 4.98 Å². The van der Waals surface area contributed by atoms with Crippen molar-refractivity contribution < 1.29 is 9.53 Å². The van der Waals surface area contributed by atoms with Gasteiger partial charge in [-0.2, -0.15) is 0 Å². The second kappa shape index (κ2) is 5.06. The smallest absolute Gasteiger partial charge is 0.325 e. The minimum atomic E-state index is -0.309. The van der Waals surface area contributed by atoms with Crippen molar-refractivity contribution in [2.45, 2.75) is 6.92 Å². The molecule has 0 fully saturated rings. The van der Waals surface area contributed by atoms with E-state index in [4.69, 9.17) is 10.5 Å². The quantitative estimate of drug-likeness (QED) is 0.689. The van der Waals surface area contributed by atoms with Crippen molar-refractivity contribution in [1.29, 1.82) is 0 Å². The number of nitrogens with two attached hydrogens (primary N) is 1. The van der Waals surface area contributed by atoms with E-state index in [-0.39, 0.29) is 12.5 Å². The first-order chi connectivity index (χ1) is 6.74. The third-order valence-corrected chi connectivity index (χ3v) is 1.57. The number of hydrogen-bond acceptors (Lipinski definition) is 5. The first-order valence-corrected chi connectivity index (χ1v) is 4.34. The first-order valence-electron chi connectivity index (χ1n) is 4.34. The molecule has 0 radical (unpaired) electrons. The van der Waals surface area contributed by atoms with E-state index in [0.717, 1.165) is 0 Å². The molecule has 1 heterocycles. The third kappa shape index (κ3) is 2.93. The van der Waals surface area contributed by atoms with E-state index in [1.165, 1.54) is 0 Å². The lowest BCUT2D eigenvalue weighted by Gasteiger charge is -2.06. The number of nitrogens with one attached hydrogen (secondary N) is 1. The van der Waals surface area contributed by atoms with E-state index >= 15 is 0 Å². The fourth-order valence-corrected chi connectivity index (χ4v) is 0.946. The van der Waals surface area contributed by atoms with Crippen molar-refractivity contribution in [3.05, 3.63) is 18.3 Å². The molecule has 76 valence electrons. The number of pyridine rings is 1. The van der Waals surface area contributed by atoms with E-state index in [1.54, 1.807) is 25.3 Å². The summed E-state index contributed by atoms with van der Waals surface area (Å²) in [5.41, 5.74) is 6.19. The van der Waals surface area contributed by atoms with Gasteiger partial charge in [0.1, 0.15) is 12.4 Å². The molecule has 1 aromatic rings. The number of carbonyl (C=O) groups excluding carboxylic acids is 1. The van der Waals surface area contributed by atoms with Gasteiger partial charge in [0.05, 0.1) is 12.3 Å². The second-order valence-electron chi connectivity index (χ2n) is 2.59. The Balaban J connectivity index is 2.46. The lowest BCUT2D eigenvalue weighted by Crippen LogP contribution is -2.17. The van der Waals surface area contributed by atoms with Gasteiger partial charge in [0, 0.05) is 6.20 Å². The van der Waals surface area contributed by atoms with Crippen LogP contribution in [-0.2, 0) is 9.53 Å². The van der Waals surface area contributed by atoms with Gasteiger partial charge >= 0.3 is 5.97 Å². The average Bonchev–Trinajstić information content (AvgIpc) is 2.17. The number of anilines is 2. The molecule has 0 aliphatic rings. The maximum absolute atomic E-state index is 11.0. The van der Waals surface area contributed by atoms with Crippen molar-refractivity contribution in [3.63, 3.8) is 0 Å². The highest BCUT2D eigenvalue weighted by atomic mass is 16.5. The van der Waals surface area contributed by atoms with Gasteiger partial charge in [0.25, 0.3) is 0 Å². The summed E-state index contributed by atoms with van der Waals surface area (Å²) in [6.07, 6.45) is 1.59. The molecule has 5 heteroatoms. The van der Waals surface area contributed by atoms with Crippen LogP contribution in [0.5, 0.6) is 0 Å². The van der Waals surface area contributed by atoms with Crippen LogP contribution in [0.4, 0.5) is 11.5 Å². The molecule has 0 bridgehead atoms. The summed E-state index contributed by atoms with van der Waals surface area (Å²) in [5, 5.41) is 2.84. The Bertz CT molecular complexity index is 315. The molecule has 5 nitrogen and oxygen atoms in total. The molecule has 0 saturated carbocycles. The second-order valence-corrected chi connectivity index (χ2v) is 2.59. The number of aromatic nitrogens is 1. The summed E-state index contributed by atoms with van der Waals surface area (Å²) >= 11 is 0. The topological polar surface area (TPSA) is 77.2 Å². The van der Waals surface area contributed by atoms with Crippen LogP contribution in [-0.4, -0.2) is 24.1 Å². The summed E-state index contributed by atoms with van der Waals surface area (Å²) in [6, 6.07) is 3.49. The average molecular weight is 195 g/mol. The monoisotopic (exact) mass is 195 g/mol. The molecule has 3 N–H and O–H groups in total. The van der Waals surface area contributed by atoms with Crippen molar-refractivity contribution in [1.82, 2.24) is 4.98 Å². The molecule has 1 rings (SSSR count). The summed E-state index contributed by atoms with van der Waals surface area (Å²) in [4.78, 5) is 14.8. The van der Waals surface area contributed by atoms with Gasteiger partial charge in [0.2, 0.25) is 0 Å². The Hall–Kier alpha value is -1.78. The van der Waals surface area contributed by atoms with E-state index in [1.807, 2.05) is 0 Å². The maximum Gasteiger partial charge on any atom is 0.325 e. The lowest BCUT2D eigenvalue weighted by molar-refractivity contribution is -0.140. The van der Waals surface area contributed by atoms with E-state index in [2.05, 4.69) is 10.3 Å². The summed E-state index contributed by atoms with van der Waals surface area (Å²) in [6.45, 7) is 2.24. The molecule has 0 saturated heterocycles. The number of carbonyl (C=O) groups is 1. The van der Waals surface area contributed by atoms with E-state index in [9.17, 15) is 4.79 Å². The summed E-state index contributed by atoms with van der Waals surface area (Å²) in [7, 11) is 0. The maximum atomic E-state index is 11.0. The zero-order valence-corrected chi connectivity index (χ0v) is 7.99. The highest BCUT2D eigenvalue weighted by Gasteiger charge is 2.02. The Kier molecular flexibility index (Phi) is 3.72. The number of rotatable bonds is 4. The van der Waals surface area contributed by atoms with Crippen molar-refractivity contribution in [2.75, 3.05) is 24.2 Å². The Morgan fingerprint density at radius 3 is 3.14 bits per heavy atom. The van der Waals surface area contributed by atoms with Crippen LogP contribution in [0.2, 0.25) is 0 Å². The molecule has 14 heavy (non-hydrogen) atoms. The Labute approximate surface area is 82.3 Å². The molecule has 0 atom stereocenters. The highest BCUT2D eigenvalue weighted by molar-refractivity contribution is 5.76. The van der Waals surface area contributed by atoms with Gasteiger partial charge in [-0.3, -0.25) is 4.79 Å². The van der Waals surface area contributed by atoms with Crippen LogP contribution in [0, 0.1) is 0 Å². The van der Waals surface area contributed by atoms with Gasteiger partial charge in [-0.15, -0.1) is 0 Å². The number of esters is 1. The molecule has 0 spiro atoms. The molecule has 0 unspecified atom stereocenters. The number of nitrogens with zero attached hydrogens (tertiary/aromatic N) is 1. The van der Waals surface area contributed by atoms with Crippen LogP contribution < -0.4 is 11.1 Å². The van der Waals surface area contributed by atoms with Crippen LogP contribution in [0.3, 0.4) is 0 Å². The molecule has 1 aromatic heterocycles. The normalized spacial score (nSPS) is 9.50. The van der Waals surface area contributed by atoms with Gasteiger partial charge in [-0.1, -0.05) is 0 Å². The van der Waals surface area contributed by atoms with E-state index in [0.29, 0.717) is 18.1 Å². The van der Waals surface area contributed by atoms with Crippen molar-refractivity contribution in [3.8, 4) is 0 Å². The number of hydrogen-bond donors (Lipinski definition) is 2. The minimum Gasteiger partial charge on any atom is -0.465 e. The Morgan fingerprint density at radius 1 is 1.71 bits per heavy atom. The van der Waals surface area contributed by atoms with Crippen LogP contribution in [0.1, 0.15) is 6.92 Å². The largest absolute Gasteiger partial charge is 0.465 e. The Morgan fingerprint density at radius 2 is 2.50 bits per heavy atom. The number of ether oxygens (including phenoxy) is 1. The van der Waals surface area contributed by atoms with E-state index < -0.39 is 0 Å². The van der Waals surface area contributed by atoms with Crippen molar-refractivity contribution in [2.24, 2.45) is 0 Å². The van der Waals surface area contributed by atoms with Crippen LogP contribution >= 0.6 is 0 Å². The van der Waals surface area contributed by atoms with Gasteiger partial charge in [-0.05, 0) is 19.1 Å². The lowest BCUT2D eigenvalue weighted by atomic mass is 10.4. The standard InChI is InChI=1S/C9H13N3O2/c1-2-14-8(13)6-12-7-4-3-5-11-9(7)10/h3-5,12H,2,6H2,1H3,(H2,10,11). The fourth-order valence-electron chi connectivity index (χ4n) is 0.946. The molecular formula is C9H13N3O2. The van der Waals surface area contributed by atoms with Crippen molar-refractivity contribution >= 4 is 17.5 Å². The van der Waals surface area contributed by atoms with Gasteiger partial charge < -0.3 is 15.8 Å². The highest BCUT2D eigenvalue weighted by Crippen LogP contribution is 2.12. The SMILES string of the molecule is CCOC(=O)CNc1cccnc1N. The molecule has 0 aliphatic heterocycles. The zero-order valence-electron chi connectivity index (χ0n) is 7.99. The summed E-state index contributed by atoms with van der Waals surface area (Å²) in [5.74, 6) is 0.0625. The van der Waals surface area contributed by atoms with Crippen LogP contribution in [0.25, 0.3) is 0 Å². The summed E-state index contributed by atoms with van der Waals surface area (Å²) < 4.78 is 4.74. The number of nitrogen functional groups attached to an aromatic ring is 1. The first kappa shape index (κ1) is 10.3. The van der Waals surface area contributed by atoms with Gasteiger partial charge in [0.15, 0.2) is 0 Å². The predicted molar refractivity (Wildman–Crippen MR) is 53.8 cm³/mol. The van der Waals surface area contributed by atoms with Crippen LogP contribution in [0.15, 0.2) is 18.3 Å². The predicted octanol–water partition coefficient (Wildman–Crippen LogP) is 0.639. The molecule has 0 amide bonds. The molecular weight excluding hydrogens is 182 g/mol.